The molecule has 0 heterocycles. The third-order valence-electron chi connectivity index (χ3n) is 2.42. The molecule has 0 saturated carbocycles. The molecule has 1 rings (SSSR count). The summed E-state index contributed by atoms with van der Waals surface area (Å²) >= 11 is 0. The molecule has 0 aliphatic heterocycles. The fourth-order valence-corrected chi connectivity index (χ4v) is 1.50. The lowest BCUT2D eigenvalue weighted by Crippen LogP contribution is -2.07. The highest BCUT2D eigenvalue weighted by molar-refractivity contribution is 5.80. The molecule has 0 aliphatic rings. The molecule has 0 fully saturated rings. The summed E-state index contributed by atoms with van der Waals surface area (Å²) in [6, 6.07) is 3.77. The molecule has 1 aromatic rings. The number of hydrogen-bond acceptors (Lipinski definition) is 6. The third-order valence-corrected chi connectivity index (χ3v) is 2.42. The molecule has 0 atom stereocenters. The summed E-state index contributed by atoms with van der Waals surface area (Å²) in [5.74, 6) is -0.0510. The molecule has 0 radical (unpaired) electrons. The standard InChI is InChI=1S/C13H15NO6/c1-2-19-13(16)4-3-7-20-12-6-5-11(14(17)18)8-10(12)9-15/h5-6,8-9H,2-4,7H2,1H3. The monoisotopic (exact) mass is 281 g/mol. The van der Waals surface area contributed by atoms with E-state index in [1.165, 1.54) is 12.1 Å². The van der Waals surface area contributed by atoms with Crippen molar-refractivity contribution in [3.8, 4) is 5.75 Å². The van der Waals surface area contributed by atoms with Crippen molar-refractivity contribution in [2.75, 3.05) is 13.2 Å². The van der Waals surface area contributed by atoms with Crippen LogP contribution in [0.1, 0.15) is 30.1 Å². The number of rotatable bonds is 8. The number of esters is 1. The number of benzene rings is 1. The van der Waals surface area contributed by atoms with Crippen molar-refractivity contribution in [3.05, 3.63) is 33.9 Å². The van der Waals surface area contributed by atoms with Crippen LogP contribution in [0.15, 0.2) is 18.2 Å². The molecule has 7 nitrogen and oxygen atoms in total. The van der Waals surface area contributed by atoms with E-state index in [0.29, 0.717) is 19.3 Å². The average Bonchev–Trinajstić information content (AvgIpc) is 2.43. The van der Waals surface area contributed by atoms with Gasteiger partial charge >= 0.3 is 5.97 Å². The van der Waals surface area contributed by atoms with Gasteiger partial charge in [0.25, 0.3) is 5.69 Å². The van der Waals surface area contributed by atoms with Crippen molar-refractivity contribution in [3.63, 3.8) is 0 Å². The Morgan fingerprint density at radius 3 is 2.80 bits per heavy atom. The predicted octanol–water partition coefficient (Wildman–Crippen LogP) is 2.13. The Morgan fingerprint density at radius 2 is 2.20 bits per heavy atom. The summed E-state index contributed by atoms with van der Waals surface area (Å²) in [5.41, 5.74) is -0.0682. The maximum atomic E-state index is 11.1. The van der Waals surface area contributed by atoms with Crippen LogP contribution in [0.3, 0.4) is 0 Å². The molecule has 0 saturated heterocycles. The molecule has 108 valence electrons. The topological polar surface area (TPSA) is 95.7 Å². The Kier molecular flexibility index (Phi) is 6.15. The normalized spacial score (nSPS) is 9.85. The molecule has 7 heteroatoms. The van der Waals surface area contributed by atoms with Crippen molar-refractivity contribution >= 4 is 17.9 Å². The van der Waals surface area contributed by atoms with Gasteiger partial charge in [-0.05, 0) is 19.4 Å². The van der Waals surface area contributed by atoms with Crippen molar-refractivity contribution in [1.82, 2.24) is 0 Å². The van der Waals surface area contributed by atoms with Crippen LogP contribution in [0.4, 0.5) is 5.69 Å². The number of nitro groups is 1. The van der Waals surface area contributed by atoms with Crippen LogP contribution in [-0.2, 0) is 9.53 Å². The second kappa shape index (κ2) is 7.88. The van der Waals surface area contributed by atoms with E-state index < -0.39 is 4.92 Å². The maximum Gasteiger partial charge on any atom is 0.305 e. The van der Waals surface area contributed by atoms with Gasteiger partial charge in [0.1, 0.15) is 5.75 Å². The second-order valence-corrected chi connectivity index (χ2v) is 3.85. The van der Waals surface area contributed by atoms with Crippen LogP contribution in [-0.4, -0.2) is 30.4 Å². The maximum absolute atomic E-state index is 11.1. The van der Waals surface area contributed by atoms with Gasteiger partial charge in [0.2, 0.25) is 0 Å². The summed E-state index contributed by atoms with van der Waals surface area (Å²) in [7, 11) is 0. The van der Waals surface area contributed by atoms with Crippen LogP contribution in [0, 0.1) is 10.1 Å². The Balaban J connectivity index is 2.53. The van der Waals surface area contributed by atoms with E-state index in [1.54, 1.807) is 6.92 Å². The highest BCUT2D eigenvalue weighted by atomic mass is 16.6. The third kappa shape index (κ3) is 4.68. The first-order valence-electron chi connectivity index (χ1n) is 6.10. The summed E-state index contributed by atoms with van der Waals surface area (Å²) < 4.78 is 10.1. The fourth-order valence-electron chi connectivity index (χ4n) is 1.50. The number of carbonyl (C=O) groups is 2. The van der Waals surface area contributed by atoms with Gasteiger partial charge in [-0.25, -0.2) is 0 Å². The van der Waals surface area contributed by atoms with Crippen molar-refractivity contribution in [2.24, 2.45) is 0 Å². The van der Waals surface area contributed by atoms with Gasteiger partial charge in [0.15, 0.2) is 6.29 Å². The first-order chi connectivity index (χ1) is 9.58. The Hall–Kier alpha value is -2.44. The molecule has 0 N–H and O–H groups in total. The van der Waals surface area contributed by atoms with Gasteiger partial charge in [-0.1, -0.05) is 0 Å². The minimum Gasteiger partial charge on any atom is -0.493 e. The number of non-ortho nitro benzene ring substituents is 1. The smallest absolute Gasteiger partial charge is 0.305 e. The summed E-state index contributed by atoms with van der Waals surface area (Å²) in [6.07, 6.45) is 1.15. The Labute approximate surface area is 115 Å². The molecule has 0 aromatic heterocycles. The van der Waals surface area contributed by atoms with Gasteiger partial charge in [0.05, 0.1) is 23.7 Å². The van der Waals surface area contributed by atoms with Gasteiger partial charge < -0.3 is 9.47 Å². The van der Waals surface area contributed by atoms with E-state index in [-0.39, 0.29) is 36.0 Å². The Bertz CT molecular complexity index is 500. The molecule has 0 spiro atoms. The van der Waals surface area contributed by atoms with E-state index in [4.69, 9.17) is 9.47 Å². The Morgan fingerprint density at radius 1 is 1.45 bits per heavy atom. The van der Waals surface area contributed by atoms with E-state index >= 15 is 0 Å². The van der Waals surface area contributed by atoms with E-state index in [9.17, 15) is 19.7 Å². The summed E-state index contributed by atoms with van der Waals surface area (Å²) in [5, 5.41) is 10.6. The van der Waals surface area contributed by atoms with Crippen molar-refractivity contribution < 1.29 is 24.0 Å². The molecule has 1 aromatic carbocycles. The highest BCUT2D eigenvalue weighted by Crippen LogP contribution is 2.22. The van der Waals surface area contributed by atoms with E-state index in [0.717, 1.165) is 6.07 Å². The van der Waals surface area contributed by atoms with Crippen molar-refractivity contribution in [2.45, 2.75) is 19.8 Å². The molecular weight excluding hydrogens is 266 g/mol. The van der Waals surface area contributed by atoms with E-state index in [2.05, 4.69) is 0 Å². The van der Waals surface area contributed by atoms with Gasteiger partial charge in [-0.3, -0.25) is 19.7 Å². The van der Waals surface area contributed by atoms with Gasteiger partial charge in [-0.15, -0.1) is 0 Å². The predicted molar refractivity (Wildman–Crippen MR) is 69.8 cm³/mol. The molecule has 0 aliphatic carbocycles. The number of nitrogens with zero attached hydrogens (tertiary/aromatic N) is 1. The number of ether oxygens (including phenoxy) is 2. The molecular formula is C13H15NO6. The van der Waals surface area contributed by atoms with E-state index in [1.807, 2.05) is 0 Å². The molecule has 0 bridgehead atoms. The van der Waals surface area contributed by atoms with Gasteiger partial charge in [-0.2, -0.15) is 0 Å². The quantitative estimate of drug-likeness (QED) is 0.238. The van der Waals surface area contributed by atoms with Gasteiger partial charge in [0, 0.05) is 18.6 Å². The van der Waals surface area contributed by atoms with Crippen LogP contribution >= 0.6 is 0 Å². The van der Waals surface area contributed by atoms with Crippen LogP contribution < -0.4 is 4.74 Å². The largest absolute Gasteiger partial charge is 0.493 e. The highest BCUT2D eigenvalue weighted by Gasteiger charge is 2.11. The fraction of sp³-hybridized carbons (Fsp3) is 0.385. The minimum atomic E-state index is -0.586. The lowest BCUT2D eigenvalue weighted by Gasteiger charge is -2.08. The first-order valence-corrected chi connectivity index (χ1v) is 6.10. The molecule has 0 unspecified atom stereocenters. The zero-order chi connectivity index (χ0) is 15.0. The summed E-state index contributed by atoms with van der Waals surface area (Å²) in [6.45, 7) is 2.27. The van der Waals surface area contributed by atoms with Crippen LogP contribution in [0.2, 0.25) is 0 Å². The second-order valence-electron chi connectivity index (χ2n) is 3.85. The zero-order valence-corrected chi connectivity index (χ0v) is 11.0. The number of aldehydes is 1. The lowest BCUT2D eigenvalue weighted by molar-refractivity contribution is -0.384. The lowest BCUT2D eigenvalue weighted by atomic mass is 10.2. The van der Waals surface area contributed by atoms with Crippen LogP contribution in [0.5, 0.6) is 5.75 Å². The zero-order valence-electron chi connectivity index (χ0n) is 11.0. The molecule has 20 heavy (non-hydrogen) atoms. The number of hydrogen-bond donors (Lipinski definition) is 0. The number of carbonyl (C=O) groups excluding carboxylic acids is 2. The SMILES string of the molecule is CCOC(=O)CCCOc1ccc([N+](=O)[O-])cc1C=O. The van der Waals surface area contributed by atoms with Crippen LogP contribution in [0.25, 0.3) is 0 Å². The van der Waals surface area contributed by atoms with Crippen molar-refractivity contribution in [1.29, 1.82) is 0 Å². The number of nitro benzene ring substituents is 1. The molecule has 0 amide bonds. The average molecular weight is 281 g/mol. The summed E-state index contributed by atoms with van der Waals surface area (Å²) in [4.78, 5) is 31.9. The minimum absolute atomic E-state index is 0.107. The first kappa shape index (κ1) is 15.6.